The molecule has 0 unspecified atom stereocenters. The van der Waals surface area contributed by atoms with Crippen LogP contribution in [0.25, 0.3) is 96.3 Å². The summed E-state index contributed by atoms with van der Waals surface area (Å²) in [5, 5.41) is 15.1. The fourth-order valence-electron chi connectivity index (χ4n) is 9.31. The van der Waals surface area contributed by atoms with E-state index in [0.717, 1.165) is 11.4 Å². The standard InChI is InChI=1S/C56H35NS/c1-2-15-39-35-55-52(33-38(39)14-1)50-25-12-26-54(56(50)58-55)57(41-29-27-37(28-30-41)43-24-11-17-36-13-3-5-18-42(36)43)53-32-31-48(46-21-9-10-23-49(46)53)51-34-40-16-4-6-19-44(40)45-20-7-8-22-47(45)51/h1-35H. The molecule has 0 atom stereocenters. The molecule has 0 aliphatic heterocycles. The van der Waals surface area contributed by atoms with Crippen molar-refractivity contribution in [3.8, 4) is 22.3 Å². The topological polar surface area (TPSA) is 3.24 Å². The zero-order chi connectivity index (χ0) is 38.2. The van der Waals surface area contributed by atoms with Crippen LogP contribution in [0.1, 0.15) is 0 Å². The summed E-state index contributed by atoms with van der Waals surface area (Å²) in [6.45, 7) is 0. The van der Waals surface area contributed by atoms with Crippen LogP contribution < -0.4 is 4.90 Å². The first-order valence-corrected chi connectivity index (χ1v) is 20.7. The Hall–Kier alpha value is -7.26. The SMILES string of the molecule is c1ccc2cc3c(cc2c1)sc1c(N(c2ccc(-c4cccc5ccccc45)cc2)c2ccc(-c4cc5ccccc5c5ccccc45)c4ccccc24)cccc13. The Morgan fingerprint density at radius 2 is 0.879 bits per heavy atom. The third-order valence-corrected chi connectivity index (χ3v) is 13.2. The number of anilines is 3. The molecule has 0 bridgehead atoms. The monoisotopic (exact) mass is 753 g/mol. The second-order valence-corrected chi connectivity index (χ2v) is 16.3. The van der Waals surface area contributed by atoms with E-state index in [1.54, 1.807) is 0 Å². The summed E-state index contributed by atoms with van der Waals surface area (Å²) < 4.78 is 2.58. The van der Waals surface area contributed by atoms with Crippen LogP contribution >= 0.6 is 11.3 Å². The van der Waals surface area contributed by atoms with Gasteiger partial charge in [-0.2, -0.15) is 0 Å². The molecule has 0 spiro atoms. The van der Waals surface area contributed by atoms with Gasteiger partial charge < -0.3 is 4.90 Å². The molecule has 0 saturated heterocycles. The van der Waals surface area contributed by atoms with E-state index in [0.29, 0.717) is 0 Å². The summed E-state index contributed by atoms with van der Waals surface area (Å²) in [4.78, 5) is 2.49. The highest BCUT2D eigenvalue weighted by Crippen LogP contribution is 2.49. The predicted molar refractivity (Wildman–Crippen MR) is 252 cm³/mol. The van der Waals surface area contributed by atoms with Gasteiger partial charge in [-0.05, 0) is 113 Å². The molecule has 1 nitrogen and oxygen atoms in total. The number of hydrogen-bond donors (Lipinski definition) is 0. The van der Waals surface area contributed by atoms with Gasteiger partial charge in [-0.25, -0.2) is 0 Å². The Kier molecular flexibility index (Phi) is 7.47. The summed E-state index contributed by atoms with van der Waals surface area (Å²) in [7, 11) is 0. The summed E-state index contributed by atoms with van der Waals surface area (Å²) in [6, 6.07) is 78.3. The van der Waals surface area contributed by atoms with Crippen molar-refractivity contribution in [2.24, 2.45) is 0 Å². The number of nitrogens with zero attached hydrogens (tertiary/aromatic N) is 1. The van der Waals surface area contributed by atoms with Gasteiger partial charge in [0.1, 0.15) is 0 Å². The van der Waals surface area contributed by atoms with Crippen molar-refractivity contribution in [3.63, 3.8) is 0 Å². The molecule has 12 rings (SSSR count). The van der Waals surface area contributed by atoms with Gasteiger partial charge in [-0.15, -0.1) is 11.3 Å². The highest BCUT2D eigenvalue weighted by atomic mass is 32.1. The van der Waals surface area contributed by atoms with Crippen molar-refractivity contribution in [1.29, 1.82) is 0 Å². The van der Waals surface area contributed by atoms with Crippen LogP contribution in [0.15, 0.2) is 212 Å². The number of thiophene rings is 1. The lowest BCUT2D eigenvalue weighted by molar-refractivity contribution is 1.32. The molecule has 270 valence electrons. The van der Waals surface area contributed by atoms with E-state index >= 15 is 0 Å². The zero-order valence-electron chi connectivity index (χ0n) is 31.6. The first-order chi connectivity index (χ1) is 28.8. The third kappa shape index (κ3) is 5.16. The number of fused-ring (bicyclic) bond motifs is 9. The van der Waals surface area contributed by atoms with Crippen LogP contribution in [0, 0.1) is 0 Å². The first-order valence-electron chi connectivity index (χ1n) is 19.9. The van der Waals surface area contributed by atoms with Gasteiger partial charge in [0, 0.05) is 26.5 Å². The molecule has 12 aromatic rings. The van der Waals surface area contributed by atoms with E-state index in [-0.39, 0.29) is 0 Å². The van der Waals surface area contributed by atoms with Gasteiger partial charge in [-0.3, -0.25) is 0 Å². The van der Waals surface area contributed by atoms with Gasteiger partial charge in [-0.1, -0.05) is 170 Å². The predicted octanol–water partition coefficient (Wildman–Crippen LogP) is 16.6. The average Bonchev–Trinajstić information content (AvgIpc) is 3.66. The molecule has 0 N–H and O–H groups in total. The number of benzene rings is 11. The van der Waals surface area contributed by atoms with Gasteiger partial charge in [0.15, 0.2) is 0 Å². The zero-order valence-corrected chi connectivity index (χ0v) is 32.4. The molecule has 58 heavy (non-hydrogen) atoms. The summed E-state index contributed by atoms with van der Waals surface area (Å²) in [5.74, 6) is 0. The minimum Gasteiger partial charge on any atom is -0.308 e. The normalized spacial score (nSPS) is 11.8. The van der Waals surface area contributed by atoms with Crippen LogP contribution in [0.2, 0.25) is 0 Å². The van der Waals surface area contributed by atoms with Crippen LogP contribution in [-0.4, -0.2) is 0 Å². The average molecular weight is 754 g/mol. The van der Waals surface area contributed by atoms with Crippen molar-refractivity contribution < 1.29 is 0 Å². The quantitative estimate of drug-likeness (QED) is 0.158. The van der Waals surface area contributed by atoms with Crippen LogP contribution in [-0.2, 0) is 0 Å². The molecule has 0 fully saturated rings. The van der Waals surface area contributed by atoms with Crippen molar-refractivity contribution in [2.45, 2.75) is 0 Å². The third-order valence-electron chi connectivity index (χ3n) is 12.0. The van der Waals surface area contributed by atoms with E-state index in [4.69, 9.17) is 0 Å². The molecule has 11 aromatic carbocycles. The maximum absolute atomic E-state index is 2.49. The molecule has 1 heterocycles. The lowest BCUT2D eigenvalue weighted by Crippen LogP contribution is -2.11. The molecule has 0 amide bonds. The molecule has 1 aromatic heterocycles. The fourth-order valence-corrected chi connectivity index (χ4v) is 10.5. The van der Waals surface area contributed by atoms with Gasteiger partial charge in [0.25, 0.3) is 0 Å². The minimum absolute atomic E-state index is 1.12. The number of rotatable bonds is 5. The fraction of sp³-hybridized carbons (Fsp3) is 0. The van der Waals surface area contributed by atoms with Crippen LogP contribution in [0.5, 0.6) is 0 Å². The van der Waals surface area contributed by atoms with Crippen molar-refractivity contribution in [2.75, 3.05) is 4.90 Å². The van der Waals surface area contributed by atoms with Crippen LogP contribution in [0.3, 0.4) is 0 Å². The van der Waals surface area contributed by atoms with Gasteiger partial charge in [0.2, 0.25) is 0 Å². The highest BCUT2D eigenvalue weighted by Gasteiger charge is 2.22. The first kappa shape index (κ1) is 32.9. The van der Waals surface area contributed by atoms with E-state index in [2.05, 4.69) is 217 Å². The Morgan fingerprint density at radius 1 is 0.293 bits per heavy atom. The minimum atomic E-state index is 1.12. The maximum atomic E-state index is 2.49. The Morgan fingerprint density at radius 3 is 1.67 bits per heavy atom. The largest absolute Gasteiger partial charge is 0.308 e. The Labute approximate surface area is 340 Å². The number of hydrogen-bond acceptors (Lipinski definition) is 2. The maximum Gasteiger partial charge on any atom is 0.0640 e. The Balaban J connectivity index is 1.11. The molecular formula is C56H35NS. The van der Waals surface area contributed by atoms with E-state index in [9.17, 15) is 0 Å². The lowest BCUT2D eigenvalue weighted by atomic mass is 9.90. The van der Waals surface area contributed by atoms with Gasteiger partial charge in [0.05, 0.1) is 16.1 Å². The Bertz CT molecular complexity index is 3570. The lowest BCUT2D eigenvalue weighted by Gasteiger charge is -2.28. The van der Waals surface area contributed by atoms with Crippen LogP contribution in [0.4, 0.5) is 17.1 Å². The molecule has 0 radical (unpaired) electrons. The van der Waals surface area contributed by atoms with E-state index < -0.39 is 0 Å². The van der Waals surface area contributed by atoms with Crippen molar-refractivity contribution in [1.82, 2.24) is 0 Å². The summed E-state index contributed by atoms with van der Waals surface area (Å²) in [6.07, 6.45) is 0. The molecule has 0 aliphatic rings. The van der Waals surface area contributed by atoms with Crippen molar-refractivity contribution >= 4 is 102 Å². The summed E-state index contributed by atoms with van der Waals surface area (Å²) >= 11 is 1.89. The second-order valence-electron chi connectivity index (χ2n) is 15.2. The van der Waals surface area contributed by atoms with E-state index in [1.807, 2.05) is 11.3 Å². The second kappa shape index (κ2) is 13.2. The molecule has 0 aliphatic carbocycles. The highest BCUT2D eigenvalue weighted by molar-refractivity contribution is 7.26. The van der Waals surface area contributed by atoms with Gasteiger partial charge >= 0.3 is 0 Å². The smallest absolute Gasteiger partial charge is 0.0640 e. The molecular weight excluding hydrogens is 719 g/mol. The molecule has 2 heteroatoms. The van der Waals surface area contributed by atoms with E-state index in [1.165, 1.54) is 102 Å². The van der Waals surface area contributed by atoms with Crippen molar-refractivity contribution in [3.05, 3.63) is 212 Å². The molecule has 0 saturated carbocycles. The summed E-state index contributed by atoms with van der Waals surface area (Å²) in [5.41, 5.74) is 8.38.